The first-order valence-electron chi connectivity index (χ1n) is 19.8. The van der Waals surface area contributed by atoms with Crippen molar-refractivity contribution in [2.45, 2.75) is 97.3 Å². The van der Waals surface area contributed by atoms with Crippen molar-refractivity contribution in [3.05, 3.63) is 120 Å². The van der Waals surface area contributed by atoms with Crippen LogP contribution in [0.25, 0.3) is 53.7 Å². The van der Waals surface area contributed by atoms with E-state index in [0.29, 0.717) is 5.92 Å². The summed E-state index contributed by atoms with van der Waals surface area (Å²) in [6.45, 7) is 14.9. The SMILES string of the molecule is CCC(CC)C(=O)/C=C(\O)C(CC)CC.Cc1c(-c2cc[c]([Ge]([CH3])([CH3])[CH3])cc2)sc2c(-c3[c-]c4cc(-c5ccccc5)ccc4c(C(C)C)c3)nccc12.[Ir]. The molecule has 6 rings (SSSR count). The summed E-state index contributed by atoms with van der Waals surface area (Å²) in [4.78, 5) is 18.0. The Morgan fingerprint density at radius 3 is 2.00 bits per heavy atom. The number of aryl methyl sites for hydroxylation is 1. The van der Waals surface area contributed by atoms with Crippen LogP contribution in [0, 0.1) is 24.8 Å². The van der Waals surface area contributed by atoms with Gasteiger partial charge in [0.15, 0.2) is 5.78 Å². The summed E-state index contributed by atoms with van der Waals surface area (Å²) in [7, 11) is 0. The van der Waals surface area contributed by atoms with Gasteiger partial charge in [-0.15, -0.1) is 0 Å². The van der Waals surface area contributed by atoms with E-state index in [9.17, 15) is 9.90 Å². The fraction of sp³-hybridized carbons (Fsp3) is 0.347. The summed E-state index contributed by atoms with van der Waals surface area (Å²) in [6, 6.07) is 35.0. The predicted octanol–water partition coefficient (Wildman–Crippen LogP) is 14.1. The third-order valence-electron chi connectivity index (χ3n) is 10.8. The number of thiophene rings is 1. The number of fused-ring (bicyclic) bond motifs is 2. The Balaban J connectivity index is 0.000000360. The zero-order chi connectivity index (χ0) is 39.2. The molecule has 0 fully saturated rings. The minimum Gasteiger partial charge on any atom is 0 e. The van der Waals surface area contributed by atoms with E-state index < -0.39 is 13.3 Å². The van der Waals surface area contributed by atoms with Crippen LogP contribution in [0.4, 0.5) is 0 Å². The fourth-order valence-electron chi connectivity index (χ4n) is 7.25. The van der Waals surface area contributed by atoms with Gasteiger partial charge in [0, 0.05) is 38.0 Å². The molecule has 0 spiro atoms. The van der Waals surface area contributed by atoms with Crippen LogP contribution in [0.3, 0.4) is 0 Å². The molecule has 2 aromatic heterocycles. The molecule has 0 aliphatic heterocycles. The molecule has 3 nitrogen and oxygen atoms in total. The van der Waals surface area contributed by atoms with Crippen LogP contribution < -0.4 is 4.40 Å². The van der Waals surface area contributed by atoms with Crippen molar-refractivity contribution in [3.8, 4) is 32.8 Å². The summed E-state index contributed by atoms with van der Waals surface area (Å²) in [5, 5.41) is 13.5. The van der Waals surface area contributed by atoms with Crippen molar-refractivity contribution in [2.75, 3.05) is 0 Å². The van der Waals surface area contributed by atoms with Crippen LogP contribution in [-0.4, -0.2) is 29.1 Å². The van der Waals surface area contributed by atoms with Crippen molar-refractivity contribution < 1.29 is 30.0 Å². The van der Waals surface area contributed by atoms with Gasteiger partial charge in [0.05, 0.1) is 5.76 Å². The van der Waals surface area contributed by atoms with Crippen LogP contribution in [0.2, 0.25) is 17.3 Å². The van der Waals surface area contributed by atoms with Gasteiger partial charge in [-0.2, -0.15) is 0 Å². The molecule has 55 heavy (non-hydrogen) atoms. The average Bonchev–Trinajstić information content (AvgIpc) is 3.51. The molecule has 291 valence electrons. The second-order valence-corrected chi connectivity index (χ2v) is 27.5. The van der Waals surface area contributed by atoms with Gasteiger partial charge in [-0.1, -0.05) is 89.6 Å². The number of carbonyl (C=O) groups is 1. The number of hydrogen-bond acceptors (Lipinski definition) is 4. The van der Waals surface area contributed by atoms with Crippen molar-refractivity contribution in [2.24, 2.45) is 11.8 Å². The molecule has 0 amide bonds. The van der Waals surface area contributed by atoms with Crippen LogP contribution in [0.1, 0.15) is 84.3 Å². The van der Waals surface area contributed by atoms with Crippen LogP contribution in [0.5, 0.6) is 0 Å². The molecule has 0 atom stereocenters. The van der Waals surface area contributed by atoms with Crippen LogP contribution in [-0.2, 0) is 24.9 Å². The number of ketones is 1. The van der Waals surface area contributed by atoms with Gasteiger partial charge < -0.3 is 5.11 Å². The molecule has 0 saturated heterocycles. The molecular formula is C49H58GeIrNO2S-. The minimum absolute atomic E-state index is 0. The number of aromatic nitrogens is 1. The molecule has 6 heteroatoms. The summed E-state index contributed by atoms with van der Waals surface area (Å²) in [5.41, 5.74) is 8.52. The first-order valence-corrected chi connectivity index (χ1v) is 28.0. The number of rotatable bonds is 12. The Hall–Kier alpha value is -3.35. The van der Waals surface area contributed by atoms with Crippen molar-refractivity contribution in [3.63, 3.8) is 0 Å². The van der Waals surface area contributed by atoms with E-state index in [1.165, 1.54) is 54.2 Å². The second-order valence-electron chi connectivity index (χ2n) is 15.8. The molecule has 1 radical (unpaired) electrons. The third-order valence-corrected chi connectivity index (χ3v) is 16.5. The van der Waals surface area contributed by atoms with Gasteiger partial charge in [-0.25, -0.2) is 0 Å². The quantitative estimate of drug-likeness (QED) is 0.0575. The first kappa shape index (κ1) is 44.4. The molecule has 2 heterocycles. The molecule has 0 bridgehead atoms. The summed E-state index contributed by atoms with van der Waals surface area (Å²) < 4.78 is 2.79. The van der Waals surface area contributed by atoms with Crippen molar-refractivity contribution >= 4 is 55.6 Å². The topological polar surface area (TPSA) is 50.2 Å². The Bertz CT molecular complexity index is 2220. The second kappa shape index (κ2) is 19.7. The number of allylic oxidation sites excluding steroid dienone is 2. The first-order chi connectivity index (χ1) is 25.8. The average molecular weight is 990 g/mol. The standard InChI is InChI=1S/C36H34GeNS.C13H24O2.Ir/c1-23(2)33-22-29(21-28-20-27(14-17-32(28)33)25-10-8-7-9-11-25)34-36-31(18-19-38-34)24(3)35(39-36)26-12-15-30(16-13-26)37(4,5)6;1-5-10(6-2)12(14)9-13(15)11(7-3)8-4;/h7-20,22-23H,1-6H3;9-11,14H,5-8H2,1-4H3;/q-1;;/b;12-9-;. The Kier molecular flexibility index (Phi) is 15.9. The van der Waals surface area contributed by atoms with E-state index in [1.54, 1.807) is 4.40 Å². The fourth-order valence-corrected chi connectivity index (χ4v) is 11.0. The maximum Gasteiger partial charge on any atom is 0 e. The molecule has 0 aliphatic rings. The van der Waals surface area contributed by atoms with Gasteiger partial charge in [0.25, 0.3) is 0 Å². The molecule has 0 saturated carbocycles. The van der Waals surface area contributed by atoms with Crippen LogP contribution >= 0.6 is 11.3 Å². The van der Waals surface area contributed by atoms with Gasteiger partial charge in [-0.05, 0) is 31.2 Å². The largest absolute Gasteiger partial charge is 0 e. The number of benzene rings is 4. The van der Waals surface area contributed by atoms with E-state index in [0.717, 1.165) is 42.3 Å². The molecule has 4 aromatic carbocycles. The Morgan fingerprint density at radius 1 is 0.800 bits per heavy atom. The van der Waals surface area contributed by atoms with E-state index in [2.05, 4.69) is 129 Å². The Morgan fingerprint density at radius 2 is 1.42 bits per heavy atom. The summed E-state index contributed by atoms with van der Waals surface area (Å²) >= 11 is 0.0189. The smallest absolute Gasteiger partial charge is 0 e. The van der Waals surface area contributed by atoms with E-state index >= 15 is 0 Å². The third kappa shape index (κ3) is 10.3. The summed E-state index contributed by atoms with van der Waals surface area (Å²) in [6.07, 6.45) is 6.87. The van der Waals surface area contributed by atoms with Crippen molar-refractivity contribution in [1.82, 2.24) is 4.98 Å². The molecular weight excluding hydrogens is 931 g/mol. The van der Waals surface area contributed by atoms with Crippen LogP contribution in [0.15, 0.2) is 103 Å². The molecule has 0 aliphatic carbocycles. The van der Waals surface area contributed by atoms with Gasteiger partial charge >= 0.3 is 173 Å². The summed E-state index contributed by atoms with van der Waals surface area (Å²) in [5.74, 6) is 8.30. The zero-order valence-electron chi connectivity index (χ0n) is 34.3. The number of aliphatic hydroxyl groups is 1. The maximum absolute atomic E-state index is 11.7. The van der Waals surface area contributed by atoms with E-state index in [-0.39, 0.29) is 43.5 Å². The minimum atomic E-state index is -1.85. The monoisotopic (exact) mass is 991 g/mol. The molecule has 6 aromatic rings. The maximum atomic E-state index is 11.7. The normalized spacial score (nSPS) is 12.0. The van der Waals surface area contributed by atoms with E-state index in [4.69, 9.17) is 4.98 Å². The number of carbonyl (C=O) groups excluding carboxylic acids is 1. The molecule has 0 unspecified atom stereocenters. The van der Waals surface area contributed by atoms with Crippen molar-refractivity contribution in [1.29, 1.82) is 0 Å². The Labute approximate surface area is 350 Å². The predicted molar refractivity (Wildman–Crippen MR) is 238 cm³/mol. The van der Waals surface area contributed by atoms with E-state index in [1.807, 2.05) is 45.2 Å². The zero-order valence-corrected chi connectivity index (χ0v) is 39.7. The van der Waals surface area contributed by atoms with Gasteiger partial charge in [-0.3, -0.25) is 4.79 Å². The number of aliphatic hydroxyl groups excluding tert-OH is 1. The number of hydrogen-bond donors (Lipinski definition) is 1. The number of pyridine rings is 1. The number of nitrogens with zero attached hydrogens (tertiary/aromatic N) is 1. The van der Waals surface area contributed by atoms with Gasteiger partial charge in [0.2, 0.25) is 0 Å². The van der Waals surface area contributed by atoms with Gasteiger partial charge in [0.1, 0.15) is 0 Å². The molecule has 1 N–H and O–H groups in total.